The molecule has 0 aliphatic carbocycles. The van der Waals surface area contributed by atoms with Crippen LogP contribution in [0.2, 0.25) is 0 Å². The largest absolute Gasteiger partial charge is 0.463 e. The van der Waals surface area contributed by atoms with E-state index in [0.29, 0.717) is 39.6 Å². The molecule has 0 bridgehead atoms. The van der Waals surface area contributed by atoms with E-state index in [4.69, 9.17) is 8.83 Å². The molecule has 1 atom stereocenters. The molecule has 0 aliphatic heterocycles. The first-order valence-electron chi connectivity index (χ1n) is 8.74. The lowest BCUT2D eigenvalue weighted by molar-refractivity contribution is -0.115. The van der Waals surface area contributed by atoms with Gasteiger partial charge in [-0.3, -0.25) is 10.1 Å². The summed E-state index contributed by atoms with van der Waals surface area (Å²) < 4.78 is 10.9. The predicted molar refractivity (Wildman–Crippen MR) is 108 cm³/mol. The number of hydrogen-bond donors (Lipinski definition) is 1. The lowest BCUT2D eigenvalue weighted by atomic mass is 10.2. The third-order valence-electron chi connectivity index (χ3n) is 3.84. The molecule has 4 aromatic rings. The maximum atomic E-state index is 12.6. The molecule has 1 amide bonds. The van der Waals surface area contributed by atoms with Crippen LogP contribution >= 0.6 is 23.1 Å². The van der Waals surface area contributed by atoms with Crippen LogP contribution in [0.1, 0.15) is 18.4 Å². The van der Waals surface area contributed by atoms with Gasteiger partial charge in [0.05, 0.1) is 17.8 Å². The van der Waals surface area contributed by atoms with E-state index in [1.165, 1.54) is 23.1 Å². The van der Waals surface area contributed by atoms with Crippen molar-refractivity contribution in [2.75, 3.05) is 5.32 Å². The van der Waals surface area contributed by atoms with E-state index in [9.17, 15) is 4.79 Å². The van der Waals surface area contributed by atoms with Gasteiger partial charge in [0, 0.05) is 0 Å². The molecule has 29 heavy (non-hydrogen) atoms. The predicted octanol–water partition coefficient (Wildman–Crippen LogP) is 4.06. The highest BCUT2D eigenvalue weighted by molar-refractivity contribution is 8.00. The summed E-state index contributed by atoms with van der Waals surface area (Å²) in [5.41, 5.74) is 0.966. The summed E-state index contributed by atoms with van der Waals surface area (Å²) in [4.78, 5) is 17.2. The summed E-state index contributed by atoms with van der Waals surface area (Å²) in [5, 5.41) is 20.3. The highest BCUT2D eigenvalue weighted by Gasteiger charge is 2.23. The molecule has 0 saturated carbocycles. The number of thioether (sulfide) groups is 1. The normalized spacial score (nSPS) is 12.1. The van der Waals surface area contributed by atoms with Gasteiger partial charge in [0.1, 0.15) is 10.7 Å². The van der Waals surface area contributed by atoms with E-state index in [0.717, 1.165) is 5.01 Å². The standard InChI is InChI=1S/C18H16N6O3S2/c1-3-13(16(25)20-18-23-21-10(2)28-18)29-17-19-14(11-6-4-8-26-11)15(22-24-17)12-7-5-9-27-12/h4-9,13H,3H2,1-2H3,(H,20,23,25). The Morgan fingerprint density at radius 3 is 2.41 bits per heavy atom. The Kier molecular flexibility index (Phi) is 5.67. The monoisotopic (exact) mass is 428 g/mol. The second-order valence-electron chi connectivity index (χ2n) is 5.88. The Bertz CT molecular complexity index is 1090. The molecular weight excluding hydrogens is 412 g/mol. The van der Waals surface area contributed by atoms with Crippen molar-refractivity contribution >= 4 is 34.1 Å². The van der Waals surface area contributed by atoms with Gasteiger partial charge in [-0.05, 0) is 37.6 Å². The lowest BCUT2D eigenvalue weighted by Gasteiger charge is -2.12. The molecule has 1 unspecified atom stereocenters. The number of aryl methyl sites for hydroxylation is 1. The van der Waals surface area contributed by atoms with E-state index in [2.05, 4.69) is 30.7 Å². The van der Waals surface area contributed by atoms with Crippen LogP contribution in [0, 0.1) is 6.92 Å². The second-order valence-corrected chi connectivity index (χ2v) is 8.23. The molecular formula is C18H16N6O3S2. The molecule has 4 rings (SSSR count). The molecule has 0 saturated heterocycles. The van der Waals surface area contributed by atoms with Gasteiger partial charge in [-0.1, -0.05) is 30.0 Å². The maximum absolute atomic E-state index is 12.6. The van der Waals surface area contributed by atoms with Crippen molar-refractivity contribution in [1.82, 2.24) is 25.4 Å². The molecule has 148 valence electrons. The van der Waals surface area contributed by atoms with Crippen molar-refractivity contribution in [3.8, 4) is 22.9 Å². The van der Waals surface area contributed by atoms with Crippen LogP contribution in [0.5, 0.6) is 0 Å². The number of rotatable bonds is 7. The molecule has 11 heteroatoms. The van der Waals surface area contributed by atoms with Gasteiger partial charge in [0.25, 0.3) is 0 Å². The molecule has 4 heterocycles. The van der Waals surface area contributed by atoms with Crippen LogP contribution in [-0.4, -0.2) is 36.5 Å². The number of anilines is 1. The van der Waals surface area contributed by atoms with Gasteiger partial charge >= 0.3 is 0 Å². The fourth-order valence-electron chi connectivity index (χ4n) is 2.51. The first kappa shape index (κ1) is 19.3. The van der Waals surface area contributed by atoms with Gasteiger partial charge in [0.15, 0.2) is 17.2 Å². The Morgan fingerprint density at radius 1 is 1.10 bits per heavy atom. The fourth-order valence-corrected chi connectivity index (χ4v) is 3.92. The van der Waals surface area contributed by atoms with E-state index in [1.54, 1.807) is 36.8 Å². The summed E-state index contributed by atoms with van der Waals surface area (Å²) in [5.74, 6) is 0.881. The highest BCUT2D eigenvalue weighted by Crippen LogP contribution is 2.32. The van der Waals surface area contributed by atoms with Gasteiger partial charge in [-0.2, -0.15) is 0 Å². The molecule has 9 nitrogen and oxygen atoms in total. The molecule has 0 aliphatic rings. The fraction of sp³-hybridized carbons (Fsp3) is 0.222. The minimum atomic E-state index is -0.417. The zero-order chi connectivity index (χ0) is 20.2. The number of carbonyl (C=O) groups is 1. The van der Waals surface area contributed by atoms with Crippen molar-refractivity contribution < 1.29 is 13.6 Å². The van der Waals surface area contributed by atoms with Crippen LogP contribution < -0.4 is 5.32 Å². The summed E-state index contributed by atoms with van der Waals surface area (Å²) in [6.45, 7) is 3.75. The number of amides is 1. The Labute approximate surface area is 174 Å². The quantitative estimate of drug-likeness (QED) is 0.434. The van der Waals surface area contributed by atoms with E-state index < -0.39 is 5.25 Å². The average molecular weight is 428 g/mol. The Morgan fingerprint density at radius 2 is 1.83 bits per heavy atom. The van der Waals surface area contributed by atoms with Crippen LogP contribution in [0.25, 0.3) is 22.9 Å². The number of nitrogens with zero attached hydrogens (tertiary/aromatic N) is 5. The average Bonchev–Trinajstić information content (AvgIpc) is 3.49. The lowest BCUT2D eigenvalue weighted by Crippen LogP contribution is -2.25. The summed E-state index contributed by atoms with van der Waals surface area (Å²) in [7, 11) is 0. The van der Waals surface area contributed by atoms with Crippen molar-refractivity contribution in [2.45, 2.75) is 30.7 Å². The highest BCUT2D eigenvalue weighted by atomic mass is 32.2. The van der Waals surface area contributed by atoms with Gasteiger partial charge in [0.2, 0.25) is 16.2 Å². The molecule has 0 spiro atoms. The third-order valence-corrected chi connectivity index (χ3v) is 5.81. The molecule has 0 aromatic carbocycles. The number of aromatic nitrogens is 5. The van der Waals surface area contributed by atoms with Crippen LogP contribution in [0.4, 0.5) is 5.13 Å². The SMILES string of the molecule is CCC(Sc1nnc(-c2ccco2)c(-c2ccco2)n1)C(=O)Nc1nnc(C)s1. The summed E-state index contributed by atoms with van der Waals surface area (Å²) >= 11 is 2.55. The Hall–Kier alpha value is -3.05. The van der Waals surface area contributed by atoms with Crippen molar-refractivity contribution in [3.05, 3.63) is 41.8 Å². The number of carbonyl (C=O) groups excluding carboxylic acids is 1. The van der Waals surface area contributed by atoms with Crippen LogP contribution in [-0.2, 0) is 4.79 Å². The first-order chi connectivity index (χ1) is 14.1. The molecule has 0 radical (unpaired) electrons. The first-order valence-corrected chi connectivity index (χ1v) is 10.4. The smallest absolute Gasteiger partial charge is 0.239 e. The maximum Gasteiger partial charge on any atom is 0.239 e. The topological polar surface area (TPSA) is 120 Å². The van der Waals surface area contributed by atoms with Gasteiger partial charge in [-0.25, -0.2) is 4.98 Å². The van der Waals surface area contributed by atoms with Crippen molar-refractivity contribution in [1.29, 1.82) is 0 Å². The number of nitrogens with one attached hydrogen (secondary N) is 1. The van der Waals surface area contributed by atoms with Crippen LogP contribution in [0.3, 0.4) is 0 Å². The summed E-state index contributed by atoms with van der Waals surface area (Å²) in [6, 6.07) is 7.09. The van der Waals surface area contributed by atoms with E-state index in [1.807, 2.05) is 13.8 Å². The number of hydrogen-bond acceptors (Lipinski definition) is 10. The molecule has 4 aromatic heterocycles. The minimum Gasteiger partial charge on any atom is -0.463 e. The third kappa shape index (κ3) is 4.35. The molecule has 1 N–H and O–H groups in total. The Balaban J connectivity index is 1.59. The second kappa shape index (κ2) is 8.53. The zero-order valence-electron chi connectivity index (χ0n) is 15.5. The van der Waals surface area contributed by atoms with Crippen LogP contribution in [0.15, 0.2) is 50.8 Å². The number of furan rings is 2. The zero-order valence-corrected chi connectivity index (χ0v) is 17.2. The summed E-state index contributed by atoms with van der Waals surface area (Å²) in [6.07, 6.45) is 3.69. The molecule has 0 fully saturated rings. The van der Waals surface area contributed by atoms with Gasteiger partial charge in [-0.15, -0.1) is 20.4 Å². The van der Waals surface area contributed by atoms with E-state index in [-0.39, 0.29) is 5.91 Å². The van der Waals surface area contributed by atoms with E-state index >= 15 is 0 Å². The van der Waals surface area contributed by atoms with Gasteiger partial charge < -0.3 is 8.83 Å². The minimum absolute atomic E-state index is 0.188. The van der Waals surface area contributed by atoms with Crippen molar-refractivity contribution in [2.24, 2.45) is 0 Å². The van der Waals surface area contributed by atoms with Crippen molar-refractivity contribution in [3.63, 3.8) is 0 Å².